The molecular weight excluding hydrogens is 354 g/mol. The van der Waals surface area contributed by atoms with E-state index in [0.717, 1.165) is 30.0 Å². The predicted octanol–water partition coefficient (Wildman–Crippen LogP) is 2.09. The number of nitrogens with two attached hydrogens (primary N) is 1. The van der Waals surface area contributed by atoms with Gasteiger partial charge in [-0.15, -0.1) is 0 Å². The van der Waals surface area contributed by atoms with E-state index in [4.69, 9.17) is 22.1 Å². The minimum atomic E-state index is 0.0348. The van der Waals surface area contributed by atoms with Crippen molar-refractivity contribution in [3.8, 4) is 5.75 Å². The minimum absolute atomic E-state index is 0.0348. The highest BCUT2D eigenvalue weighted by Crippen LogP contribution is 2.29. The molecule has 1 saturated heterocycles. The fourth-order valence-electron chi connectivity index (χ4n) is 3.10. The first-order valence-corrected chi connectivity index (χ1v) is 8.94. The number of anilines is 2. The molecule has 0 radical (unpaired) electrons. The van der Waals surface area contributed by atoms with Crippen molar-refractivity contribution >= 4 is 29.0 Å². The monoisotopic (exact) mass is 377 g/mol. The molecule has 0 aliphatic carbocycles. The van der Waals surface area contributed by atoms with Crippen LogP contribution in [-0.4, -0.2) is 53.9 Å². The molecule has 1 aromatic carbocycles. The van der Waals surface area contributed by atoms with E-state index in [0.29, 0.717) is 29.7 Å². The SMILES string of the molecule is COc1cc(N2CCN(C(=O)Cn3nc(C)c(C)c3N)CC2)ccc1Cl. The fraction of sp³-hybridized carbons (Fsp3) is 0.444. The van der Waals surface area contributed by atoms with E-state index in [1.807, 2.05) is 36.9 Å². The van der Waals surface area contributed by atoms with Crippen molar-refractivity contribution in [3.05, 3.63) is 34.5 Å². The summed E-state index contributed by atoms with van der Waals surface area (Å²) in [7, 11) is 1.60. The summed E-state index contributed by atoms with van der Waals surface area (Å²) in [6, 6.07) is 5.73. The first kappa shape index (κ1) is 18.4. The predicted molar refractivity (Wildman–Crippen MR) is 103 cm³/mol. The van der Waals surface area contributed by atoms with Gasteiger partial charge < -0.3 is 20.3 Å². The Balaban J connectivity index is 1.61. The number of methoxy groups -OCH3 is 1. The molecule has 26 heavy (non-hydrogen) atoms. The maximum atomic E-state index is 12.6. The van der Waals surface area contributed by atoms with Crippen molar-refractivity contribution in [2.75, 3.05) is 43.9 Å². The van der Waals surface area contributed by atoms with Crippen LogP contribution in [0.4, 0.5) is 11.5 Å². The summed E-state index contributed by atoms with van der Waals surface area (Å²) >= 11 is 6.09. The summed E-state index contributed by atoms with van der Waals surface area (Å²) in [4.78, 5) is 16.7. The number of hydrogen-bond acceptors (Lipinski definition) is 5. The van der Waals surface area contributed by atoms with E-state index in [-0.39, 0.29) is 12.5 Å². The summed E-state index contributed by atoms with van der Waals surface area (Å²) in [6.07, 6.45) is 0. The molecule has 0 atom stereocenters. The number of nitrogen functional groups attached to an aromatic ring is 1. The van der Waals surface area contributed by atoms with Gasteiger partial charge in [-0.25, -0.2) is 4.68 Å². The molecular formula is C18H24ClN5O2. The summed E-state index contributed by atoms with van der Waals surface area (Å²) in [5, 5.41) is 4.93. The van der Waals surface area contributed by atoms with E-state index >= 15 is 0 Å². The molecule has 1 amide bonds. The molecule has 0 saturated carbocycles. The van der Waals surface area contributed by atoms with Crippen molar-refractivity contribution < 1.29 is 9.53 Å². The van der Waals surface area contributed by atoms with Crippen LogP contribution in [0.25, 0.3) is 0 Å². The zero-order chi connectivity index (χ0) is 18.8. The van der Waals surface area contributed by atoms with Gasteiger partial charge in [0.15, 0.2) is 0 Å². The van der Waals surface area contributed by atoms with Gasteiger partial charge in [-0.1, -0.05) is 11.6 Å². The number of rotatable bonds is 4. The zero-order valence-electron chi connectivity index (χ0n) is 15.3. The van der Waals surface area contributed by atoms with Gasteiger partial charge in [0, 0.05) is 43.5 Å². The topological polar surface area (TPSA) is 76.6 Å². The second-order valence-electron chi connectivity index (χ2n) is 6.44. The smallest absolute Gasteiger partial charge is 0.244 e. The quantitative estimate of drug-likeness (QED) is 0.882. The number of halogens is 1. The van der Waals surface area contributed by atoms with Crippen LogP contribution in [0.15, 0.2) is 18.2 Å². The minimum Gasteiger partial charge on any atom is -0.495 e. The standard InChI is InChI=1S/C18H24ClN5O2/c1-12-13(2)21-24(18(12)20)11-17(25)23-8-6-22(7-9-23)14-4-5-15(19)16(10-14)26-3/h4-5,10H,6-9,11,20H2,1-3H3. The molecule has 0 unspecified atom stereocenters. The lowest BCUT2D eigenvalue weighted by Crippen LogP contribution is -2.49. The van der Waals surface area contributed by atoms with Gasteiger partial charge in [-0.05, 0) is 26.0 Å². The van der Waals surface area contributed by atoms with E-state index < -0.39 is 0 Å². The fourth-order valence-corrected chi connectivity index (χ4v) is 3.29. The number of nitrogens with zero attached hydrogens (tertiary/aromatic N) is 4. The van der Waals surface area contributed by atoms with Crippen LogP contribution < -0.4 is 15.4 Å². The molecule has 1 aliphatic heterocycles. The highest BCUT2D eigenvalue weighted by molar-refractivity contribution is 6.32. The Hall–Kier alpha value is -2.41. The van der Waals surface area contributed by atoms with Gasteiger partial charge in [0.05, 0.1) is 17.8 Å². The number of ether oxygens (including phenoxy) is 1. The number of benzene rings is 1. The van der Waals surface area contributed by atoms with Crippen molar-refractivity contribution in [3.63, 3.8) is 0 Å². The summed E-state index contributed by atoms with van der Waals surface area (Å²) in [5.74, 6) is 1.25. The number of piperazine rings is 1. The lowest BCUT2D eigenvalue weighted by Gasteiger charge is -2.36. The Morgan fingerprint density at radius 3 is 2.54 bits per heavy atom. The maximum Gasteiger partial charge on any atom is 0.244 e. The number of hydrogen-bond donors (Lipinski definition) is 1. The number of aromatic nitrogens is 2. The molecule has 7 nitrogen and oxygen atoms in total. The Bertz CT molecular complexity index is 812. The molecule has 8 heteroatoms. The summed E-state index contributed by atoms with van der Waals surface area (Å²) < 4.78 is 6.87. The van der Waals surface area contributed by atoms with Crippen LogP contribution in [-0.2, 0) is 11.3 Å². The average molecular weight is 378 g/mol. The highest BCUT2D eigenvalue weighted by atomic mass is 35.5. The molecule has 3 rings (SSSR count). The molecule has 1 aromatic heterocycles. The van der Waals surface area contributed by atoms with Crippen LogP contribution in [0.3, 0.4) is 0 Å². The molecule has 2 N–H and O–H groups in total. The Labute approximate surface area is 158 Å². The Morgan fingerprint density at radius 2 is 1.96 bits per heavy atom. The van der Waals surface area contributed by atoms with Gasteiger partial charge >= 0.3 is 0 Å². The van der Waals surface area contributed by atoms with Crippen LogP contribution in [0.2, 0.25) is 5.02 Å². The second-order valence-corrected chi connectivity index (χ2v) is 6.85. The van der Waals surface area contributed by atoms with Crippen molar-refractivity contribution in [2.24, 2.45) is 0 Å². The molecule has 140 valence electrons. The normalized spacial score (nSPS) is 14.6. The summed E-state index contributed by atoms with van der Waals surface area (Å²) in [5.41, 5.74) is 8.85. The molecule has 0 bridgehead atoms. The van der Waals surface area contributed by atoms with Crippen LogP contribution in [0.1, 0.15) is 11.3 Å². The third kappa shape index (κ3) is 3.58. The van der Waals surface area contributed by atoms with Gasteiger partial charge in [0.2, 0.25) is 5.91 Å². The largest absolute Gasteiger partial charge is 0.495 e. The lowest BCUT2D eigenvalue weighted by molar-refractivity contribution is -0.132. The Morgan fingerprint density at radius 1 is 1.27 bits per heavy atom. The third-order valence-corrected chi connectivity index (χ3v) is 5.21. The van der Waals surface area contributed by atoms with Crippen molar-refractivity contribution in [1.29, 1.82) is 0 Å². The van der Waals surface area contributed by atoms with Crippen LogP contribution >= 0.6 is 11.6 Å². The van der Waals surface area contributed by atoms with Gasteiger partial charge in [0.1, 0.15) is 18.1 Å². The number of aryl methyl sites for hydroxylation is 1. The van der Waals surface area contributed by atoms with Crippen molar-refractivity contribution in [2.45, 2.75) is 20.4 Å². The number of carbonyl (C=O) groups excluding carboxylic acids is 1. The average Bonchev–Trinajstić information content (AvgIpc) is 2.89. The molecule has 1 fully saturated rings. The zero-order valence-corrected chi connectivity index (χ0v) is 16.1. The van der Waals surface area contributed by atoms with Gasteiger partial charge in [-0.2, -0.15) is 5.10 Å². The molecule has 0 spiro atoms. The molecule has 1 aliphatic rings. The number of amides is 1. The highest BCUT2D eigenvalue weighted by Gasteiger charge is 2.23. The van der Waals surface area contributed by atoms with E-state index in [9.17, 15) is 4.79 Å². The van der Waals surface area contributed by atoms with Crippen LogP contribution in [0, 0.1) is 13.8 Å². The van der Waals surface area contributed by atoms with E-state index in [1.54, 1.807) is 11.8 Å². The second kappa shape index (κ2) is 7.45. The first-order valence-electron chi connectivity index (χ1n) is 8.56. The van der Waals surface area contributed by atoms with Crippen molar-refractivity contribution in [1.82, 2.24) is 14.7 Å². The van der Waals surface area contributed by atoms with E-state index in [2.05, 4.69) is 10.00 Å². The number of carbonyl (C=O) groups is 1. The Kier molecular flexibility index (Phi) is 5.27. The molecule has 2 aromatic rings. The van der Waals surface area contributed by atoms with Gasteiger partial charge in [-0.3, -0.25) is 4.79 Å². The maximum absolute atomic E-state index is 12.6. The third-order valence-electron chi connectivity index (χ3n) is 4.89. The first-order chi connectivity index (χ1) is 12.4. The van der Waals surface area contributed by atoms with Crippen LogP contribution in [0.5, 0.6) is 5.75 Å². The summed E-state index contributed by atoms with van der Waals surface area (Å²) in [6.45, 7) is 6.80. The van der Waals surface area contributed by atoms with Gasteiger partial charge in [0.25, 0.3) is 0 Å². The molecule has 2 heterocycles. The lowest BCUT2D eigenvalue weighted by atomic mass is 10.2. The van der Waals surface area contributed by atoms with E-state index in [1.165, 1.54) is 0 Å².